The van der Waals surface area contributed by atoms with E-state index in [-0.39, 0.29) is 0 Å². The largest absolute Gasteiger partial charge is 0.508 e. The first-order valence-corrected chi connectivity index (χ1v) is 12.3. The van der Waals surface area contributed by atoms with Crippen molar-refractivity contribution in [1.29, 1.82) is 0 Å². The molecule has 0 radical (unpaired) electrons. The summed E-state index contributed by atoms with van der Waals surface area (Å²) >= 11 is 0. The Balaban J connectivity index is 2.66. The molecule has 0 atom stereocenters. The Bertz CT molecular complexity index is 423. The SMILES string of the molecule is CCCCO[Si](CCCc1ccc(O)cc1)(OCCCC)OCCCC. The molecule has 0 aliphatic rings. The smallest absolute Gasteiger partial charge is 0.500 e. The van der Waals surface area contributed by atoms with E-state index in [2.05, 4.69) is 20.8 Å². The van der Waals surface area contributed by atoms with Crippen molar-refractivity contribution in [3.63, 3.8) is 0 Å². The van der Waals surface area contributed by atoms with Gasteiger partial charge in [-0.2, -0.15) is 0 Å². The van der Waals surface area contributed by atoms with Crippen LogP contribution in [0.2, 0.25) is 6.04 Å². The van der Waals surface area contributed by atoms with Gasteiger partial charge in [0.1, 0.15) is 5.75 Å². The third-order valence-corrected chi connectivity index (χ3v) is 7.24. The topological polar surface area (TPSA) is 47.9 Å². The molecule has 0 aromatic heterocycles. The maximum absolute atomic E-state index is 9.42. The Morgan fingerprint density at radius 1 is 0.731 bits per heavy atom. The molecule has 0 unspecified atom stereocenters. The zero-order valence-corrected chi connectivity index (χ0v) is 18.0. The summed E-state index contributed by atoms with van der Waals surface area (Å²) < 4.78 is 18.8. The summed E-state index contributed by atoms with van der Waals surface area (Å²) in [5.74, 6) is 0.311. The Morgan fingerprint density at radius 3 is 1.62 bits per heavy atom. The Morgan fingerprint density at radius 2 is 1.19 bits per heavy atom. The highest BCUT2D eigenvalue weighted by Gasteiger charge is 2.40. The van der Waals surface area contributed by atoms with Crippen LogP contribution in [0.15, 0.2) is 24.3 Å². The zero-order chi connectivity index (χ0) is 19.1. The van der Waals surface area contributed by atoms with E-state index in [4.69, 9.17) is 13.3 Å². The third-order valence-electron chi connectivity index (χ3n) is 4.34. The first-order chi connectivity index (χ1) is 12.7. The monoisotopic (exact) mass is 382 g/mol. The van der Waals surface area contributed by atoms with E-state index in [0.29, 0.717) is 5.75 Å². The van der Waals surface area contributed by atoms with Crippen LogP contribution in [0.5, 0.6) is 5.75 Å². The lowest BCUT2D eigenvalue weighted by molar-refractivity contribution is 0.0558. The molecular formula is C21H38O4Si. The highest BCUT2D eigenvalue weighted by molar-refractivity contribution is 6.60. The lowest BCUT2D eigenvalue weighted by atomic mass is 10.1. The zero-order valence-electron chi connectivity index (χ0n) is 17.0. The van der Waals surface area contributed by atoms with Crippen molar-refractivity contribution >= 4 is 8.80 Å². The Labute approximate surface area is 161 Å². The van der Waals surface area contributed by atoms with Crippen LogP contribution < -0.4 is 0 Å². The number of phenolic OH excluding ortho intramolecular Hbond substituents is 1. The first-order valence-electron chi connectivity index (χ1n) is 10.4. The average molecular weight is 383 g/mol. The van der Waals surface area contributed by atoms with Gasteiger partial charge in [0.15, 0.2) is 0 Å². The van der Waals surface area contributed by atoms with Crippen molar-refractivity contribution < 1.29 is 18.4 Å². The van der Waals surface area contributed by atoms with E-state index < -0.39 is 8.80 Å². The van der Waals surface area contributed by atoms with Crippen LogP contribution >= 0.6 is 0 Å². The van der Waals surface area contributed by atoms with Crippen LogP contribution in [-0.2, 0) is 19.7 Å². The molecule has 1 aromatic rings. The molecular weight excluding hydrogens is 344 g/mol. The number of phenols is 1. The molecule has 0 amide bonds. The van der Waals surface area contributed by atoms with Gasteiger partial charge in [-0.05, 0) is 49.8 Å². The van der Waals surface area contributed by atoms with Crippen molar-refractivity contribution in [3.05, 3.63) is 29.8 Å². The van der Waals surface area contributed by atoms with Crippen LogP contribution in [0.4, 0.5) is 0 Å². The molecule has 0 heterocycles. The fourth-order valence-corrected chi connectivity index (χ4v) is 5.29. The number of hydrogen-bond donors (Lipinski definition) is 1. The van der Waals surface area contributed by atoms with Gasteiger partial charge < -0.3 is 18.4 Å². The molecule has 5 heteroatoms. The van der Waals surface area contributed by atoms with Crippen molar-refractivity contribution in [2.24, 2.45) is 0 Å². The number of hydrogen-bond acceptors (Lipinski definition) is 4. The van der Waals surface area contributed by atoms with Crippen molar-refractivity contribution in [2.45, 2.75) is 78.2 Å². The summed E-state index contributed by atoms with van der Waals surface area (Å²) in [6, 6.07) is 8.30. The highest BCUT2D eigenvalue weighted by atomic mass is 28.4. The second-order valence-corrected chi connectivity index (χ2v) is 9.54. The summed E-state index contributed by atoms with van der Waals surface area (Å²) in [5, 5.41) is 9.42. The van der Waals surface area contributed by atoms with Crippen LogP contribution in [0.3, 0.4) is 0 Å². The van der Waals surface area contributed by atoms with E-state index in [0.717, 1.165) is 77.2 Å². The van der Waals surface area contributed by atoms with Crippen LogP contribution in [0.1, 0.15) is 71.3 Å². The molecule has 0 bridgehead atoms. The summed E-state index contributed by atoms with van der Waals surface area (Å²) in [7, 11) is -2.62. The third kappa shape index (κ3) is 9.71. The minimum atomic E-state index is -2.62. The minimum Gasteiger partial charge on any atom is -0.508 e. The molecule has 0 saturated heterocycles. The van der Waals surface area contributed by atoms with E-state index in [9.17, 15) is 5.11 Å². The van der Waals surface area contributed by atoms with Crippen molar-refractivity contribution in [1.82, 2.24) is 0 Å². The molecule has 26 heavy (non-hydrogen) atoms. The summed E-state index contributed by atoms with van der Waals surface area (Å²) in [6.07, 6.45) is 8.39. The summed E-state index contributed by atoms with van der Waals surface area (Å²) in [5.41, 5.74) is 1.22. The predicted molar refractivity (Wildman–Crippen MR) is 110 cm³/mol. The second kappa shape index (κ2) is 14.2. The van der Waals surface area contributed by atoms with E-state index in [1.807, 2.05) is 12.1 Å². The molecule has 0 aliphatic heterocycles. The fraction of sp³-hybridized carbons (Fsp3) is 0.714. The molecule has 0 saturated carbocycles. The Kier molecular flexibility index (Phi) is 12.7. The normalized spacial score (nSPS) is 11.8. The van der Waals surface area contributed by atoms with Crippen molar-refractivity contribution in [3.8, 4) is 5.75 Å². The highest BCUT2D eigenvalue weighted by Crippen LogP contribution is 2.22. The van der Waals surface area contributed by atoms with Gasteiger partial charge in [0.05, 0.1) is 0 Å². The molecule has 0 aliphatic carbocycles. The van der Waals surface area contributed by atoms with E-state index >= 15 is 0 Å². The fourth-order valence-electron chi connectivity index (χ4n) is 2.63. The van der Waals surface area contributed by atoms with Crippen molar-refractivity contribution in [2.75, 3.05) is 19.8 Å². The van der Waals surface area contributed by atoms with Gasteiger partial charge in [0.25, 0.3) is 0 Å². The maximum Gasteiger partial charge on any atom is 0.500 e. The average Bonchev–Trinajstić information content (AvgIpc) is 2.64. The lowest BCUT2D eigenvalue weighted by Crippen LogP contribution is -2.46. The Hall–Kier alpha value is -0.883. The molecule has 0 spiro atoms. The summed E-state index contributed by atoms with van der Waals surface area (Å²) in [6.45, 7) is 8.69. The number of benzene rings is 1. The molecule has 150 valence electrons. The number of unbranched alkanes of at least 4 members (excludes halogenated alkanes) is 3. The van der Waals surface area contributed by atoms with E-state index in [1.54, 1.807) is 12.1 Å². The summed E-state index contributed by atoms with van der Waals surface area (Å²) in [4.78, 5) is 0. The van der Waals surface area contributed by atoms with Gasteiger partial charge in [-0.15, -0.1) is 0 Å². The van der Waals surface area contributed by atoms with Crippen LogP contribution in [-0.4, -0.2) is 33.7 Å². The maximum atomic E-state index is 9.42. The van der Waals surface area contributed by atoms with Gasteiger partial charge >= 0.3 is 8.80 Å². The van der Waals surface area contributed by atoms with Gasteiger partial charge in [-0.1, -0.05) is 52.2 Å². The van der Waals surface area contributed by atoms with E-state index in [1.165, 1.54) is 5.56 Å². The number of rotatable bonds is 16. The van der Waals surface area contributed by atoms with Gasteiger partial charge in [0, 0.05) is 25.9 Å². The molecule has 1 rings (SSSR count). The number of aromatic hydroxyl groups is 1. The van der Waals surface area contributed by atoms with Crippen LogP contribution in [0.25, 0.3) is 0 Å². The molecule has 1 N–H and O–H groups in total. The molecule has 4 nitrogen and oxygen atoms in total. The lowest BCUT2D eigenvalue weighted by Gasteiger charge is -2.30. The minimum absolute atomic E-state index is 0.311. The van der Waals surface area contributed by atoms with Gasteiger partial charge in [-0.25, -0.2) is 0 Å². The quantitative estimate of drug-likeness (QED) is 0.294. The van der Waals surface area contributed by atoms with Gasteiger partial charge in [0.2, 0.25) is 0 Å². The standard InChI is InChI=1S/C21H38O4Si/c1-4-7-16-23-26(24-17-8-5-2,25-18-9-6-3)19-10-11-20-12-14-21(22)15-13-20/h12-15,22H,4-11,16-19H2,1-3H3. The first kappa shape index (κ1) is 23.2. The number of aryl methyl sites for hydroxylation is 1. The van der Waals surface area contributed by atoms with Crippen LogP contribution in [0, 0.1) is 0 Å². The molecule has 1 aromatic carbocycles. The molecule has 0 fully saturated rings. The predicted octanol–water partition coefficient (Wildman–Crippen LogP) is 5.71. The second-order valence-electron chi connectivity index (χ2n) is 6.81. The van der Waals surface area contributed by atoms with Gasteiger partial charge in [-0.3, -0.25) is 0 Å².